The van der Waals surface area contributed by atoms with Crippen LogP contribution in [0.15, 0.2) is 18.2 Å². The Kier molecular flexibility index (Phi) is 6.56. The van der Waals surface area contributed by atoms with E-state index in [1.165, 1.54) is 6.92 Å². The third-order valence-electron chi connectivity index (χ3n) is 4.08. The number of ether oxygens (including phenoxy) is 1. The van der Waals surface area contributed by atoms with Gasteiger partial charge in [0.25, 0.3) is 0 Å². The highest BCUT2D eigenvalue weighted by atomic mass is 16.5. The van der Waals surface area contributed by atoms with Crippen molar-refractivity contribution < 1.29 is 14.3 Å². The smallest absolute Gasteiger partial charge is 0.224 e. The quantitative estimate of drug-likeness (QED) is 0.720. The van der Waals surface area contributed by atoms with Crippen LogP contribution in [-0.2, 0) is 11.2 Å². The summed E-state index contributed by atoms with van der Waals surface area (Å²) in [5.74, 6) is 0.433. The fourth-order valence-electron chi connectivity index (χ4n) is 2.15. The maximum Gasteiger partial charge on any atom is 0.224 e. The van der Waals surface area contributed by atoms with Gasteiger partial charge in [0.15, 0.2) is 5.78 Å². The summed E-state index contributed by atoms with van der Waals surface area (Å²) in [6, 6.07) is 5.11. The molecule has 0 radical (unpaired) electrons. The van der Waals surface area contributed by atoms with Crippen molar-refractivity contribution in [1.82, 2.24) is 5.32 Å². The highest BCUT2D eigenvalue weighted by Crippen LogP contribution is 2.21. The summed E-state index contributed by atoms with van der Waals surface area (Å²) in [5.41, 5.74) is 7.07. The minimum Gasteiger partial charge on any atom is -0.496 e. The summed E-state index contributed by atoms with van der Waals surface area (Å²) in [7, 11) is 1.54. The number of Topliss-reactive ketones (excluding diaryl/α,β-unsaturated/α-hetero) is 1. The van der Waals surface area contributed by atoms with E-state index in [0.717, 1.165) is 12.8 Å². The molecule has 0 aliphatic rings. The maximum absolute atomic E-state index is 12.1. The van der Waals surface area contributed by atoms with Gasteiger partial charge in [-0.2, -0.15) is 0 Å². The lowest BCUT2D eigenvalue weighted by Gasteiger charge is -2.26. The molecular formula is C17H26N2O3. The van der Waals surface area contributed by atoms with Crippen LogP contribution in [0.5, 0.6) is 5.75 Å². The predicted octanol–water partition coefficient (Wildman–Crippen LogP) is 2.07. The standard InChI is InChI=1S/C17H26N2O3/c1-5-17(18,6-2)11-19-16(21)10-14-9-13(12(3)20)7-8-15(14)22-4/h7-9H,5-6,10-11,18H2,1-4H3,(H,19,21). The Hall–Kier alpha value is -1.88. The van der Waals surface area contributed by atoms with E-state index in [1.807, 2.05) is 13.8 Å². The summed E-state index contributed by atoms with van der Waals surface area (Å²) in [4.78, 5) is 23.6. The van der Waals surface area contributed by atoms with Crippen molar-refractivity contribution in [1.29, 1.82) is 0 Å². The first-order chi connectivity index (χ1) is 10.3. The molecule has 0 atom stereocenters. The van der Waals surface area contributed by atoms with Gasteiger partial charge in [-0.05, 0) is 38.0 Å². The van der Waals surface area contributed by atoms with Gasteiger partial charge in [0.1, 0.15) is 5.75 Å². The van der Waals surface area contributed by atoms with Gasteiger partial charge in [0.2, 0.25) is 5.91 Å². The van der Waals surface area contributed by atoms with Crippen LogP contribution < -0.4 is 15.8 Å². The molecule has 0 saturated heterocycles. The van der Waals surface area contributed by atoms with Crippen molar-refractivity contribution in [2.75, 3.05) is 13.7 Å². The molecule has 0 aliphatic heterocycles. The van der Waals surface area contributed by atoms with Gasteiger partial charge in [-0.25, -0.2) is 0 Å². The Morgan fingerprint density at radius 1 is 1.27 bits per heavy atom. The zero-order valence-electron chi connectivity index (χ0n) is 13.9. The minimum atomic E-state index is -0.374. The first-order valence-electron chi connectivity index (χ1n) is 7.58. The number of hydrogen-bond acceptors (Lipinski definition) is 4. The topological polar surface area (TPSA) is 81.4 Å². The average Bonchev–Trinajstić information content (AvgIpc) is 2.52. The van der Waals surface area contributed by atoms with E-state index < -0.39 is 0 Å². The summed E-state index contributed by atoms with van der Waals surface area (Å²) >= 11 is 0. The molecule has 1 rings (SSSR count). The number of benzene rings is 1. The molecule has 1 aromatic rings. The molecule has 0 unspecified atom stereocenters. The molecule has 122 valence electrons. The Balaban J connectivity index is 2.79. The van der Waals surface area contributed by atoms with Gasteiger partial charge >= 0.3 is 0 Å². The fraction of sp³-hybridized carbons (Fsp3) is 0.529. The van der Waals surface area contributed by atoms with Crippen molar-refractivity contribution in [2.45, 2.75) is 45.6 Å². The Morgan fingerprint density at radius 3 is 2.41 bits per heavy atom. The van der Waals surface area contributed by atoms with Gasteiger partial charge in [0, 0.05) is 23.2 Å². The van der Waals surface area contributed by atoms with Crippen LogP contribution in [0.3, 0.4) is 0 Å². The van der Waals surface area contributed by atoms with E-state index in [1.54, 1.807) is 25.3 Å². The number of rotatable bonds is 8. The normalized spacial score (nSPS) is 11.1. The third kappa shape index (κ3) is 4.84. The highest BCUT2D eigenvalue weighted by molar-refractivity contribution is 5.94. The minimum absolute atomic E-state index is 0.0396. The number of nitrogens with two attached hydrogens (primary N) is 1. The monoisotopic (exact) mass is 306 g/mol. The van der Waals surface area contributed by atoms with Crippen LogP contribution in [-0.4, -0.2) is 30.9 Å². The summed E-state index contributed by atoms with van der Waals surface area (Å²) in [6.45, 7) is 5.95. The number of amides is 1. The Labute approximate surface area is 132 Å². The van der Waals surface area contributed by atoms with Gasteiger partial charge < -0.3 is 15.8 Å². The first kappa shape index (κ1) is 18.2. The molecule has 0 spiro atoms. The lowest BCUT2D eigenvalue weighted by molar-refractivity contribution is -0.120. The van der Waals surface area contributed by atoms with Crippen molar-refractivity contribution >= 4 is 11.7 Å². The van der Waals surface area contributed by atoms with Gasteiger partial charge in [-0.15, -0.1) is 0 Å². The van der Waals surface area contributed by atoms with Crippen LogP contribution in [0.25, 0.3) is 0 Å². The molecule has 5 heteroatoms. The van der Waals surface area contributed by atoms with E-state index in [0.29, 0.717) is 23.4 Å². The molecular weight excluding hydrogens is 280 g/mol. The number of carbonyl (C=O) groups excluding carboxylic acids is 2. The number of nitrogens with one attached hydrogen (secondary N) is 1. The van der Waals surface area contributed by atoms with Crippen LogP contribution in [0, 0.1) is 0 Å². The van der Waals surface area contributed by atoms with E-state index in [-0.39, 0.29) is 23.7 Å². The molecule has 5 nitrogen and oxygen atoms in total. The van der Waals surface area contributed by atoms with Gasteiger partial charge in [-0.1, -0.05) is 13.8 Å². The summed E-state index contributed by atoms with van der Waals surface area (Å²) in [5, 5.41) is 2.87. The lowest BCUT2D eigenvalue weighted by Crippen LogP contribution is -2.49. The van der Waals surface area contributed by atoms with Crippen molar-refractivity contribution in [3.05, 3.63) is 29.3 Å². The summed E-state index contributed by atoms with van der Waals surface area (Å²) in [6.07, 6.45) is 1.76. The second-order valence-electron chi connectivity index (χ2n) is 5.61. The fourth-order valence-corrected chi connectivity index (χ4v) is 2.15. The second kappa shape index (κ2) is 7.94. The van der Waals surface area contributed by atoms with Crippen molar-refractivity contribution in [3.8, 4) is 5.75 Å². The number of hydrogen-bond donors (Lipinski definition) is 2. The van der Waals surface area contributed by atoms with Crippen molar-refractivity contribution in [2.24, 2.45) is 5.73 Å². The highest BCUT2D eigenvalue weighted by Gasteiger charge is 2.21. The predicted molar refractivity (Wildman–Crippen MR) is 87.2 cm³/mol. The van der Waals surface area contributed by atoms with Crippen LogP contribution in [0.1, 0.15) is 49.5 Å². The Bertz CT molecular complexity index is 537. The number of carbonyl (C=O) groups is 2. The number of ketones is 1. The van der Waals surface area contributed by atoms with E-state index in [4.69, 9.17) is 10.5 Å². The molecule has 0 aromatic heterocycles. The van der Waals surface area contributed by atoms with Gasteiger partial charge in [0.05, 0.1) is 13.5 Å². The van der Waals surface area contributed by atoms with E-state index >= 15 is 0 Å². The van der Waals surface area contributed by atoms with Crippen LogP contribution in [0.4, 0.5) is 0 Å². The molecule has 0 bridgehead atoms. The second-order valence-corrected chi connectivity index (χ2v) is 5.61. The largest absolute Gasteiger partial charge is 0.496 e. The molecule has 0 fully saturated rings. The Morgan fingerprint density at radius 2 is 1.91 bits per heavy atom. The third-order valence-corrected chi connectivity index (χ3v) is 4.08. The summed E-state index contributed by atoms with van der Waals surface area (Å²) < 4.78 is 5.25. The molecule has 1 aromatic carbocycles. The van der Waals surface area contributed by atoms with E-state index in [9.17, 15) is 9.59 Å². The average molecular weight is 306 g/mol. The number of methoxy groups -OCH3 is 1. The molecule has 0 aliphatic carbocycles. The van der Waals surface area contributed by atoms with Crippen LogP contribution >= 0.6 is 0 Å². The van der Waals surface area contributed by atoms with Crippen molar-refractivity contribution in [3.63, 3.8) is 0 Å². The molecule has 22 heavy (non-hydrogen) atoms. The molecule has 3 N–H and O–H groups in total. The maximum atomic E-state index is 12.1. The molecule has 0 heterocycles. The zero-order chi connectivity index (χ0) is 16.8. The van der Waals surface area contributed by atoms with Crippen LogP contribution in [0.2, 0.25) is 0 Å². The lowest BCUT2D eigenvalue weighted by atomic mass is 9.94. The SMILES string of the molecule is CCC(N)(CC)CNC(=O)Cc1cc(C(C)=O)ccc1OC. The molecule has 0 saturated carbocycles. The zero-order valence-corrected chi connectivity index (χ0v) is 13.9. The van der Waals surface area contributed by atoms with E-state index in [2.05, 4.69) is 5.32 Å². The van der Waals surface area contributed by atoms with Gasteiger partial charge in [-0.3, -0.25) is 9.59 Å². The molecule has 1 amide bonds. The first-order valence-corrected chi connectivity index (χ1v) is 7.58.